The van der Waals surface area contributed by atoms with Gasteiger partial charge in [-0.2, -0.15) is 0 Å². The first kappa shape index (κ1) is 15.8. The first-order valence-corrected chi connectivity index (χ1v) is 8.28. The maximum Gasteiger partial charge on any atom is 0.0426 e. The molecule has 20 heavy (non-hydrogen) atoms. The molecule has 1 saturated heterocycles. The van der Waals surface area contributed by atoms with Gasteiger partial charge in [-0.05, 0) is 45.5 Å². The van der Waals surface area contributed by atoms with Crippen LogP contribution in [0.3, 0.4) is 0 Å². The average molecular weight is 340 g/mol. The molecule has 2 rings (SSSR count). The second-order valence-corrected chi connectivity index (χ2v) is 6.75. The maximum atomic E-state index is 3.61. The van der Waals surface area contributed by atoms with E-state index in [0.717, 1.165) is 30.7 Å². The summed E-state index contributed by atoms with van der Waals surface area (Å²) in [7, 11) is 2.02. The minimum Gasteiger partial charge on any atom is -0.369 e. The minimum absolute atomic E-state index is 0.376. The molecule has 4 heteroatoms. The number of benzene rings is 1. The number of hydrogen-bond acceptors (Lipinski definition) is 3. The van der Waals surface area contributed by atoms with E-state index in [1.807, 2.05) is 7.05 Å². The van der Waals surface area contributed by atoms with Gasteiger partial charge in [0.1, 0.15) is 0 Å². The molecule has 1 aromatic rings. The summed E-state index contributed by atoms with van der Waals surface area (Å²) in [6, 6.07) is 7.65. The molecule has 0 saturated carbocycles. The van der Waals surface area contributed by atoms with Gasteiger partial charge < -0.3 is 10.2 Å². The van der Waals surface area contributed by atoms with Gasteiger partial charge in [0.2, 0.25) is 0 Å². The Hall–Kier alpha value is -0.580. The highest BCUT2D eigenvalue weighted by molar-refractivity contribution is 9.10. The minimum atomic E-state index is 0.376. The lowest BCUT2D eigenvalue weighted by molar-refractivity contribution is 0.209. The molecule has 0 aromatic heterocycles. The summed E-state index contributed by atoms with van der Waals surface area (Å²) in [5.74, 6) is 0. The Kier molecular flexibility index (Phi) is 5.47. The van der Waals surface area contributed by atoms with Crippen molar-refractivity contribution in [2.24, 2.45) is 0 Å². The molecule has 1 N–H and O–H groups in total. The lowest BCUT2D eigenvalue weighted by Crippen LogP contribution is -2.49. The van der Waals surface area contributed by atoms with Crippen molar-refractivity contribution >= 4 is 21.6 Å². The standard InChI is InChI=1S/C16H26BrN3/c1-12(2)19-7-9-20(10-8-19)16-11-14(17)5-6-15(16)13(3)18-4/h5-6,11-13,18H,7-10H2,1-4H3. The molecule has 1 aliphatic heterocycles. The zero-order chi connectivity index (χ0) is 14.7. The van der Waals surface area contributed by atoms with E-state index in [1.165, 1.54) is 11.3 Å². The van der Waals surface area contributed by atoms with E-state index in [4.69, 9.17) is 0 Å². The van der Waals surface area contributed by atoms with Crippen LogP contribution < -0.4 is 10.2 Å². The Labute approximate surface area is 131 Å². The predicted molar refractivity (Wildman–Crippen MR) is 90.5 cm³/mol. The molecule has 0 radical (unpaired) electrons. The highest BCUT2D eigenvalue weighted by atomic mass is 79.9. The van der Waals surface area contributed by atoms with Gasteiger partial charge in [0, 0.05) is 48.4 Å². The number of nitrogens with zero attached hydrogens (tertiary/aromatic N) is 2. The molecule has 1 aliphatic rings. The van der Waals surface area contributed by atoms with Crippen LogP contribution in [0, 0.1) is 0 Å². The second kappa shape index (κ2) is 6.92. The van der Waals surface area contributed by atoms with Crippen LogP contribution in [0.5, 0.6) is 0 Å². The molecule has 1 unspecified atom stereocenters. The number of anilines is 1. The smallest absolute Gasteiger partial charge is 0.0426 e. The summed E-state index contributed by atoms with van der Waals surface area (Å²) in [5.41, 5.74) is 2.75. The van der Waals surface area contributed by atoms with Crippen LogP contribution in [0.25, 0.3) is 0 Å². The van der Waals surface area contributed by atoms with E-state index < -0.39 is 0 Å². The van der Waals surface area contributed by atoms with Gasteiger partial charge in [0.15, 0.2) is 0 Å². The van der Waals surface area contributed by atoms with E-state index in [0.29, 0.717) is 12.1 Å². The van der Waals surface area contributed by atoms with Gasteiger partial charge in [-0.1, -0.05) is 22.0 Å². The summed E-state index contributed by atoms with van der Waals surface area (Å²) in [6.07, 6.45) is 0. The van der Waals surface area contributed by atoms with Crippen molar-refractivity contribution in [2.75, 3.05) is 38.1 Å². The van der Waals surface area contributed by atoms with Gasteiger partial charge in [-0.15, -0.1) is 0 Å². The van der Waals surface area contributed by atoms with Crippen molar-refractivity contribution in [1.29, 1.82) is 0 Å². The molecule has 0 bridgehead atoms. The van der Waals surface area contributed by atoms with Gasteiger partial charge in [0.25, 0.3) is 0 Å². The molecule has 0 aliphatic carbocycles. The molecule has 1 atom stereocenters. The Bertz CT molecular complexity index is 439. The van der Waals surface area contributed by atoms with Crippen molar-refractivity contribution in [3.05, 3.63) is 28.2 Å². The summed E-state index contributed by atoms with van der Waals surface area (Å²) < 4.78 is 1.16. The third kappa shape index (κ3) is 3.54. The topological polar surface area (TPSA) is 18.5 Å². The van der Waals surface area contributed by atoms with Crippen LogP contribution in [0.2, 0.25) is 0 Å². The molecule has 1 heterocycles. The lowest BCUT2D eigenvalue weighted by atomic mass is 10.0. The SMILES string of the molecule is CNC(C)c1ccc(Br)cc1N1CCN(C(C)C)CC1. The average Bonchev–Trinajstić information content (AvgIpc) is 2.46. The van der Waals surface area contributed by atoms with E-state index in [2.05, 4.69) is 70.0 Å². The van der Waals surface area contributed by atoms with Crippen molar-refractivity contribution in [3.63, 3.8) is 0 Å². The zero-order valence-electron chi connectivity index (χ0n) is 13.0. The molecular formula is C16H26BrN3. The van der Waals surface area contributed by atoms with E-state index in [-0.39, 0.29) is 0 Å². The van der Waals surface area contributed by atoms with Gasteiger partial charge in [-0.3, -0.25) is 4.90 Å². The van der Waals surface area contributed by atoms with E-state index in [9.17, 15) is 0 Å². The van der Waals surface area contributed by atoms with Crippen LogP contribution >= 0.6 is 15.9 Å². The summed E-state index contributed by atoms with van der Waals surface area (Å²) in [4.78, 5) is 5.07. The third-order valence-corrected chi connectivity index (χ3v) is 4.77. The number of rotatable bonds is 4. The molecular weight excluding hydrogens is 314 g/mol. The van der Waals surface area contributed by atoms with E-state index in [1.54, 1.807) is 0 Å². The number of nitrogens with one attached hydrogen (secondary N) is 1. The zero-order valence-corrected chi connectivity index (χ0v) is 14.6. The highest BCUT2D eigenvalue weighted by Gasteiger charge is 2.22. The number of piperazine rings is 1. The highest BCUT2D eigenvalue weighted by Crippen LogP contribution is 2.30. The molecule has 3 nitrogen and oxygen atoms in total. The van der Waals surface area contributed by atoms with Crippen molar-refractivity contribution in [3.8, 4) is 0 Å². The normalized spacial score (nSPS) is 18.6. The Morgan fingerprint density at radius 2 is 1.75 bits per heavy atom. The maximum absolute atomic E-state index is 3.61. The molecule has 112 valence electrons. The Morgan fingerprint density at radius 1 is 1.10 bits per heavy atom. The van der Waals surface area contributed by atoms with Crippen molar-refractivity contribution < 1.29 is 0 Å². The van der Waals surface area contributed by atoms with Crippen LogP contribution in [0.1, 0.15) is 32.4 Å². The summed E-state index contributed by atoms with van der Waals surface area (Å²) in [6.45, 7) is 11.3. The van der Waals surface area contributed by atoms with Crippen LogP contribution in [-0.4, -0.2) is 44.2 Å². The fourth-order valence-corrected chi connectivity index (χ4v) is 3.14. The van der Waals surface area contributed by atoms with Gasteiger partial charge in [0.05, 0.1) is 0 Å². The Balaban J connectivity index is 2.18. The second-order valence-electron chi connectivity index (χ2n) is 5.83. The Morgan fingerprint density at radius 3 is 2.30 bits per heavy atom. The van der Waals surface area contributed by atoms with Gasteiger partial charge >= 0.3 is 0 Å². The first-order chi connectivity index (χ1) is 9.52. The van der Waals surface area contributed by atoms with Crippen molar-refractivity contribution in [2.45, 2.75) is 32.9 Å². The lowest BCUT2D eigenvalue weighted by Gasteiger charge is -2.39. The number of hydrogen-bond donors (Lipinski definition) is 1. The molecule has 1 fully saturated rings. The molecule has 0 spiro atoms. The van der Waals surface area contributed by atoms with Gasteiger partial charge in [-0.25, -0.2) is 0 Å². The van der Waals surface area contributed by atoms with Crippen LogP contribution in [0.15, 0.2) is 22.7 Å². The summed E-state index contributed by atoms with van der Waals surface area (Å²) >= 11 is 3.61. The van der Waals surface area contributed by atoms with Crippen molar-refractivity contribution in [1.82, 2.24) is 10.2 Å². The van der Waals surface area contributed by atoms with Crippen LogP contribution in [0.4, 0.5) is 5.69 Å². The quantitative estimate of drug-likeness (QED) is 0.908. The monoisotopic (exact) mass is 339 g/mol. The van der Waals surface area contributed by atoms with E-state index >= 15 is 0 Å². The summed E-state index contributed by atoms with van der Waals surface area (Å²) in [5, 5.41) is 3.35. The largest absolute Gasteiger partial charge is 0.369 e. The third-order valence-electron chi connectivity index (χ3n) is 4.28. The van der Waals surface area contributed by atoms with Crippen LogP contribution in [-0.2, 0) is 0 Å². The fraction of sp³-hybridized carbons (Fsp3) is 0.625. The first-order valence-electron chi connectivity index (χ1n) is 7.48. The molecule has 1 aromatic carbocycles. The predicted octanol–water partition coefficient (Wildman–Crippen LogP) is 3.26. The fourth-order valence-electron chi connectivity index (χ4n) is 2.79. The molecule has 0 amide bonds. The number of halogens is 1.